The molecule has 0 atom stereocenters. The van der Waals surface area contributed by atoms with Crippen LogP contribution >= 0.6 is 0 Å². The molecule has 0 aliphatic carbocycles. The first-order valence-electron chi connectivity index (χ1n) is 8.46. The number of sulfonamides is 1. The smallest absolute Gasteiger partial charge is 0.271 e. The molecule has 2 heterocycles. The summed E-state index contributed by atoms with van der Waals surface area (Å²) in [6, 6.07) is 7.30. The van der Waals surface area contributed by atoms with Gasteiger partial charge in [0.05, 0.1) is 11.9 Å². The monoisotopic (exact) mass is 404 g/mol. The summed E-state index contributed by atoms with van der Waals surface area (Å²) in [5, 5.41) is 11.7. The van der Waals surface area contributed by atoms with Crippen LogP contribution in [0.25, 0.3) is 0 Å². The van der Waals surface area contributed by atoms with Gasteiger partial charge in [-0.05, 0) is 31.2 Å². The Bertz CT molecular complexity index is 1040. The minimum absolute atomic E-state index is 0.0241. The maximum absolute atomic E-state index is 11.6. The predicted octanol–water partition coefficient (Wildman–Crippen LogP) is -0.523. The van der Waals surface area contributed by atoms with Crippen LogP contribution in [0.2, 0.25) is 0 Å². The fourth-order valence-electron chi connectivity index (χ4n) is 2.69. The van der Waals surface area contributed by atoms with Gasteiger partial charge in [0.2, 0.25) is 15.8 Å². The number of likely N-dealkylation sites (N-methyl/N-ethyl adjacent to an activating group) is 1. The SMILES string of the molecule is CCN(CCNS(C)(=O)=O)c1ccc(N=C2C(C(N)=O)=Nn3cnnc32)cc1. The predicted molar refractivity (Wildman–Crippen MR) is 105 cm³/mol. The Morgan fingerprint density at radius 1 is 1.32 bits per heavy atom. The zero-order valence-corrected chi connectivity index (χ0v) is 16.2. The van der Waals surface area contributed by atoms with Crippen LogP contribution in [0.15, 0.2) is 40.7 Å². The van der Waals surface area contributed by atoms with E-state index in [0.29, 0.717) is 31.1 Å². The van der Waals surface area contributed by atoms with Gasteiger partial charge in [-0.15, -0.1) is 10.2 Å². The lowest BCUT2D eigenvalue weighted by Gasteiger charge is -2.23. The van der Waals surface area contributed by atoms with Crippen LogP contribution in [0.3, 0.4) is 0 Å². The highest BCUT2D eigenvalue weighted by Gasteiger charge is 2.28. The van der Waals surface area contributed by atoms with Gasteiger partial charge in [0.1, 0.15) is 12.0 Å². The van der Waals surface area contributed by atoms with Crippen LogP contribution in [0.4, 0.5) is 11.4 Å². The first-order chi connectivity index (χ1) is 13.3. The molecule has 0 unspecified atom stereocenters. The Hall–Kier alpha value is -3.12. The van der Waals surface area contributed by atoms with Crippen molar-refractivity contribution in [1.29, 1.82) is 0 Å². The molecule has 1 aromatic heterocycles. The molecule has 3 N–H and O–H groups in total. The van der Waals surface area contributed by atoms with Gasteiger partial charge in [0.15, 0.2) is 5.71 Å². The number of nitrogens with one attached hydrogen (secondary N) is 1. The van der Waals surface area contributed by atoms with E-state index in [1.54, 1.807) is 12.1 Å². The molecule has 1 amide bonds. The normalized spacial score (nSPS) is 14.8. The average molecular weight is 404 g/mol. The van der Waals surface area contributed by atoms with Crippen molar-refractivity contribution in [3.8, 4) is 0 Å². The van der Waals surface area contributed by atoms with Crippen molar-refractivity contribution < 1.29 is 13.2 Å². The second-order valence-corrected chi connectivity index (χ2v) is 7.87. The zero-order chi connectivity index (χ0) is 20.3. The number of amides is 1. The van der Waals surface area contributed by atoms with E-state index < -0.39 is 15.9 Å². The van der Waals surface area contributed by atoms with Gasteiger partial charge >= 0.3 is 0 Å². The first-order valence-corrected chi connectivity index (χ1v) is 10.4. The molecule has 0 saturated carbocycles. The molecule has 0 bridgehead atoms. The Morgan fingerprint density at radius 3 is 2.64 bits per heavy atom. The molecule has 1 aliphatic rings. The summed E-state index contributed by atoms with van der Waals surface area (Å²) < 4.78 is 26.2. The lowest BCUT2D eigenvalue weighted by Crippen LogP contribution is -2.34. The summed E-state index contributed by atoms with van der Waals surface area (Å²) >= 11 is 0. The number of aliphatic imine (C=N–C) groups is 1. The van der Waals surface area contributed by atoms with Crippen molar-refractivity contribution in [2.45, 2.75) is 6.92 Å². The second-order valence-electron chi connectivity index (χ2n) is 6.03. The molecular formula is C16H20N8O3S. The van der Waals surface area contributed by atoms with Gasteiger partial charge in [0.25, 0.3) is 5.91 Å². The van der Waals surface area contributed by atoms with Crippen LogP contribution in [-0.4, -0.2) is 66.5 Å². The fourth-order valence-corrected chi connectivity index (χ4v) is 3.15. The third kappa shape index (κ3) is 4.40. The number of fused-ring (bicyclic) bond motifs is 1. The largest absolute Gasteiger partial charge is 0.370 e. The van der Waals surface area contributed by atoms with Gasteiger partial charge in [-0.1, -0.05) is 0 Å². The van der Waals surface area contributed by atoms with E-state index >= 15 is 0 Å². The fraction of sp³-hybridized carbons (Fsp3) is 0.312. The number of nitrogens with two attached hydrogens (primary N) is 1. The van der Waals surface area contributed by atoms with E-state index in [0.717, 1.165) is 11.9 Å². The molecule has 1 aromatic carbocycles. The molecular weight excluding hydrogens is 384 g/mol. The number of nitrogens with zero attached hydrogens (tertiary/aromatic N) is 6. The van der Waals surface area contributed by atoms with Gasteiger partial charge in [0, 0.05) is 25.3 Å². The van der Waals surface area contributed by atoms with Crippen molar-refractivity contribution in [1.82, 2.24) is 19.6 Å². The van der Waals surface area contributed by atoms with Crippen LogP contribution < -0.4 is 15.4 Å². The first kappa shape index (κ1) is 19.6. The van der Waals surface area contributed by atoms with Gasteiger partial charge in [-0.2, -0.15) is 9.78 Å². The van der Waals surface area contributed by atoms with Crippen LogP contribution in [0, 0.1) is 0 Å². The van der Waals surface area contributed by atoms with Crippen LogP contribution in [-0.2, 0) is 14.8 Å². The standard InChI is InChI=1S/C16H20N8O3S/c1-3-23(9-8-19-28(2,26)27)12-6-4-11(5-7-12)20-14-13(15(17)25)22-24-10-18-21-16(14)24/h4-7,10,19H,3,8-9H2,1-2H3,(H2,17,25). The number of rotatable bonds is 8. The molecule has 12 heteroatoms. The van der Waals surface area contributed by atoms with Crippen LogP contribution in [0.5, 0.6) is 0 Å². The van der Waals surface area contributed by atoms with Crippen molar-refractivity contribution in [2.24, 2.45) is 15.8 Å². The molecule has 1 aliphatic heterocycles. The minimum atomic E-state index is -3.22. The maximum Gasteiger partial charge on any atom is 0.271 e. The number of benzene rings is 1. The molecule has 2 aromatic rings. The summed E-state index contributed by atoms with van der Waals surface area (Å²) in [5.74, 6) is -0.351. The number of carbonyl (C=O) groups excluding carboxylic acids is 1. The van der Waals surface area contributed by atoms with E-state index in [1.807, 2.05) is 24.0 Å². The molecule has 148 valence electrons. The number of primary amides is 1. The average Bonchev–Trinajstić information content (AvgIpc) is 3.21. The Labute approximate surface area is 162 Å². The number of hydrogen-bond donors (Lipinski definition) is 2. The highest BCUT2D eigenvalue weighted by Crippen LogP contribution is 2.22. The zero-order valence-electron chi connectivity index (χ0n) is 15.4. The van der Waals surface area contributed by atoms with Crippen molar-refractivity contribution in [3.05, 3.63) is 36.4 Å². The van der Waals surface area contributed by atoms with Crippen molar-refractivity contribution >= 4 is 38.7 Å². The Balaban J connectivity index is 1.78. The topological polar surface area (TPSA) is 148 Å². The number of aromatic nitrogens is 3. The van der Waals surface area contributed by atoms with Gasteiger partial charge in [-0.25, -0.2) is 18.1 Å². The quantitative estimate of drug-likeness (QED) is 0.605. The third-order valence-corrected chi connectivity index (χ3v) is 4.72. The minimum Gasteiger partial charge on any atom is -0.370 e. The molecule has 28 heavy (non-hydrogen) atoms. The van der Waals surface area contributed by atoms with Crippen molar-refractivity contribution in [2.75, 3.05) is 30.8 Å². The maximum atomic E-state index is 11.6. The summed E-state index contributed by atoms with van der Waals surface area (Å²) in [5.41, 5.74) is 7.17. The van der Waals surface area contributed by atoms with Crippen molar-refractivity contribution in [3.63, 3.8) is 0 Å². The Morgan fingerprint density at radius 2 is 2.04 bits per heavy atom. The van der Waals surface area contributed by atoms with Gasteiger partial charge in [-0.3, -0.25) is 4.79 Å². The van der Waals surface area contributed by atoms with E-state index in [2.05, 4.69) is 25.0 Å². The highest BCUT2D eigenvalue weighted by molar-refractivity contribution is 7.88. The summed E-state index contributed by atoms with van der Waals surface area (Å²) in [4.78, 5) is 18.1. The molecule has 0 radical (unpaired) electrons. The van der Waals surface area contributed by atoms with E-state index in [1.165, 1.54) is 11.0 Å². The lowest BCUT2D eigenvalue weighted by molar-refractivity contribution is -0.111. The molecule has 3 rings (SSSR count). The molecule has 0 fully saturated rings. The molecule has 0 saturated heterocycles. The number of carbonyl (C=O) groups is 1. The number of anilines is 1. The van der Waals surface area contributed by atoms with Gasteiger partial charge < -0.3 is 10.6 Å². The molecule has 0 spiro atoms. The van der Waals surface area contributed by atoms with E-state index in [-0.39, 0.29) is 11.4 Å². The number of hydrogen-bond acceptors (Lipinski definition) is 8. The third-order valence-electron chi connectivity index (χ3n) is 3.99. The highest BCUT2D eigenvalue weighted by atomic mass is 32.2. The molecule has 11 nitrogen and oxygen atoms in total. The summed E-state index contributed by atoms with van der Waals surface area (Å²) in [6.07, 6.45) is 2.50. The second kappa shape index (κ2) is 7.86. The summed E-state index contributed by atoms with van der Waals surface area (Å²) in [7, 11) is -3.22. The Kier molecular flexibility index (Phi) is 5.51. The lowest BCUT2D eigenvalue weighted by atomic mass is 10.2. The van der Waals surface area contributed by atoms with Crippen LogP contribution in [0.1, 0.15) is 12.7 Å². The van der Waals surface area contributed by atoms with E-state index in [9.17, 15) is 13.2 Å². The van der Waals surface area contributed by atoms with E-state index in [4.69, 9.17) is 5.73 Å². The summed E-state index contributed by atoms with van der Waals surface area (Å²) in [6.45, 7) is 3.53.